The van der Waals surface area contributed by atoms with E-state index in [2.05, 4.69) is 0 Å². The Morgan fingerprint density at radius 3 is 2.33 bits per heavy atom. The number of aromatic nitrogens is 1. The molecule has 4 aromatic carbocycles. The molecule has 0 saturated carbocycles. The molecule has 0 unspecified atom stereocenters. The van der Waals surface area contributed by atoms with Crippen molar-refractivity contribution in [2.75, 3.05) is 6.61 Å². The lowest BCUT2D eigenvalue weighted by Gasteiger charge is -2.25. The summed E-state index contributed by atoms with van der Waals surface area (Å²) in [6, 6.07) is 28.5. The number of benzene rings is 4. The van der Waals surface area contributed by atoms with E-state index < -0.39 is 12.0 Å². The normalized spacial score (nSPS) is 14.6. The van der Waals surface area contributed by atoms with Crippen molar-refractivity contribution in [2.24, 2.45) is 4.99 Å². The fourth-order valence-electron chi connectivity index (χ4n) is 5.09. The number of halogens is 3. The lowest BCUT2D eigenvalue weighted by Crippen LogP contribution is -2.40. The van der Waals surface area contributed by atoms with Crippen molar-refractivity contribution in [1.82, 2.24) is 4.57 Å². The minimum absolute atomic E-state index is 0.176. The molecule has 1 aliphatic rings. The SMILES string of the molecule is CCOC(=O)C1=C(c2ccccc2)N=c2s/c(=C\c3cc(Cl)ccc3OCc3ccc(Cl)cc3Cl)c(=O)n2[C@H]1c1ccccc1. The van der Waals surface area contributed by atoms with E-state index in [0.29, 0.717) is 47.0 Å². The van der Waals surface area contributed by atoms with Crippen LogP contribution in [0.25, 0.3) is 11.8 Å². The summed E-state index contributed by atoms with van der Waals surface area (Å²) in [5.41, 5.74) is 3.29. The molecule has 0 spiro atoms. The number of rotatable bonds is 8. The van der Waals surface area contributed by atoms with Crippen molar-refractivity contribution in [1.29, 1.82) is 0 Å². The molecule has 226 valence electrons. The first-order valence-electron chi connectivity index (χ1n) is 14.0. The van der Waals surface area contributed by atoms with Crippen molar-refractivity contribution in [3.05, 3.63) is 160 Å². The molecule has 0 N–H and O–H groups in total. The molecule has 0 amide bonds. The van der Waals surface area contributed by atoms with Gasteiger partial charge in [0.2, 0.25) is 0 Å². The zero-order chi connectivity index (χ0) is 31.5. The van der Waals surface area contributed by atoms with E-state index in [1.807, 2.05) is 60.7 Å². The number of thiazole rings is 1. The van der Waals surface area contributed by atoms with E-state index in [1.165, 1.54) is 11.3 Å². The number of hydrogen-bond donors (Lipinski definition) is 0. The van der Waals surface area contributed by atoms with Gasteiger partial charge in [-0.15, -0.1) is 0 Å². The van der Waals surface area contributed by atoms with Crippen LogP contribution >= 0.6 is 46.1 Å². The van der Waals surface area contributed by atoms with Crippen LogP contribution in [0.1, 0.15) is 35.2 Å². The molecule has 2 heterocycles. The summed E-state index contributed by atoms with van der Waals surface area (Å²) in [6.07, 6.45) is 1.73. The zero-order valence-corrected chi connectivity index (χ0v) is 27.0. The van der Waals surface area contributed by atoms with Crippen molar-refractivity contribution >= 4 is 63.9 Å². The highest BCUT2D eigenvalue weighted by Crippen LogP contribution is 2.35. The Kier molecular flexibility index (Phi) is 9.24. The minimum Gasteiger partial charge on any atom is -0.488 e. The van der Waals surface area contributed by atoms with Crippen molar-refractivity contribution < 1.29 is 14.3 Å². The summed E-state index contributed by atoms with van der Waals surface area (Å²) in [5.74, 6) is -0.0253. The van der Waals surface area contributed by atoms with Crippen LogP contribution in [0.5, 0.6) is 5.75 Å². The maximum Gasteiger partial charge on any atom is 0.338 e. The molecule has 0 bridgehead atoms. The third-order valence-corrected chi connectivity index (χ3v) is 8.95. The highest BCUT2D eigenvalue weighted by molar-refractivity contribution is 7.07. The van der Waals surface area contributed by atoms with Crippen LogP contribution in [0, 0.1) is 0 Å². The van der Waals surface area contributed by atoms with Crippen molar-refractivity contribution in [2.45, 2.75) is 19.6 Å². The molecule has 5 aromatic rings. The Balaban J connectivity index is 1.52. The topological polar surface area (TPSA) is 69.9 Å². The van der Waals surface area contributed by atoms with Gasteiger partial charge in [0.25, 0.3) is 5.56 Å². The standard InChI is InChI=1S/C35H25Cl3N2O4S/c1-2-43-34(42)30-31(21-9-5-3-6-10-21)39-35-40(32(30)22-11-7-4-8-12-22)33(41)29(45-35)18-24-17-25(36)15-16-28(24)44-20-23-13-14-26(37)19-27(23)38/h3-19,32H,2,20H2,1H3/b29-18-/t32-/m0/s1. The van der Waals surface area contributed by atoms with Gasteiger partial charge in [0, 0.05) is 31.8 Å². The van der Waals surface area contributed by atoms with Crippen molar-refractivity contribution in [3.63, 3.8) is 0 Å². The van der Waals surface area contributed by atoms with Crippen LogP contribution in [-0.2, 0) is 16.1 Å². The van der Waals surface area contributed by atoms with Gasteiger partial charge in [-0.3, -0.25) is 9.36 Å². The number of hydrogen-bond acceptors (Lipinski definition) is 6. The Bertz CT molecular complexity index is 2110. The van der Waals surface area contributed by atoms with Crippen LogP contribution in [0.4, 0.5) is 0 Å². The largest absolute Gasteiger partial charge is 0.488 e. The second kappa shape index (κ2) is 13.5. The molecule has 45 heavy (non-hydrogen) atoms. The lowest BCUT2D eigenvalue weighted by molar-refractivity contribution is -0.138. The number of carbonyl (C=O) groups is 1. The van der Waals surface area contributed by atoms with E-state index in [1.54, 1.807) is 54.0 Å². The van der Waals surface area contributed by atoms with Gasteiger partial charge in [-0.1, -0.05) is 113 Å². The van der Waals surface area contributed by atoms with Crippen LogP contribution in [-0.4, -0.2) is 17.1 Å². The molecular formula is C35H25Cl3N2O4S. The second-order valence-corrected chi connectivity index (χ2v) is 12.3. The molecule has 10 heteroatoms. The summed E-state index contributed by atoms with van der Waals surface area (Å²) >= 11 is 20.0. The average Bonchev–Trinajstić information content (AvgIpc) is 3.35. The molecule has 1 aliphatic heterocycles. The maximum atomic E-state index is 14.2. The molecule has 6 rings (SSSR count). The summed E-state index contributed by atoms with van der Waals surface area (Å²) in [4.78, 5) is 33.2. The monoisotopic (exact) mass is 674 g/mol. The summed E-state index contributed by atoms with van der Waals surface area (Å²) in [7, 11) is 0. The molecule has 0 saturated heterocycles. The minimum atomic E-state index is -0.763. The number of fused-ring (bicyclic) bond motifs is 1. The first kappa shape index (κ1) is 30.9. The summed E-state index contributed by atoms with van der Waals surface area (Å²) in [5, 5.41) is 1.49. The number of nitrogens with zero attached hydrogens (tertiary/aromatic N) is 2. The van der Waals surface area contributed by atoms with Gasteiger partial charge in [-0.25, -0.2) is 9.79 Å². The van der Waals surface area contributed by atoms with Gasteiger partial charge in [0.05, 0.1) is 28.5 Å². The number of esters is 1. The Morgan fingerprint density at radius 1 is 0.933 bits per heavy atom. The highest BCUT2D eigenvalue weighted by Gasteiger charge is 2.35. The number of ether oxygens (including phenoxy) is 2. The lowest BCUT2D eigenvalue weighted by atomic mass is 9.93. The van der Waals surface area contributed by atoms with Gasteiger partial charge in [-0.05, 0) is 48.9 Å². The fourth-order valence-corrected chi connectivity index (χ4v) is 6.73. The summed E-state index contributed by atoms with van der Waals surface area (Å²) < 4.78 is 13.6. The van der Waals surface area contributed by atoms with Crippen LogP contribution in [0.15, 0.2) is 112 Å². The molecule has 1 aromatic heterocycles. The zero-order valence-electron chi connectivity index (χ0n) is 23.9. The number of carbonyl (C=O) groups excluding carboxylic acids is 1. The summed E-state index contributed by atoms with van der Waals surface area (Å²) in [6.45, 7) is 2.10. The molecule has 0 fully saturated rings. The predicted molar refractivity (Wildman–Crippen MR) is 180 cm³/mol. The van der Waals surface area contributed by atoms with E-state index >= 15 is 0 Å². The Hall–Kier alpha value is -4.14. The van der Waals surface area contributed by atoms with E-state index in [9.17, 15) is 9.59 Å². The molecule has 6 nitrogen and oxygen atoms in total. The Labute approximate surface area is 278 Å². The average molecular weight is 676 g/mol. The molecule has 1 atom stereocenters. The third kappa shape index (κ3) is 6.49. The highest BCUT2D eigenvalue weighted by atomic mass is 35.5. The van der Waals surface area contributed by atoms with Crippen molar-refractivity contribution in [3.8, 4) is 5.75 Å². The van der Waals surface area contributed by atoms with Gasteiger partial charge >= 0.3 is 5.97 Å². The first-order chi connectivity index (χ1) is 21.8. The molecule has 0 aliphatic carbocycles. The van der Waals surface area contributed by atoms with Crippen LogP contribution in [0.3, 0.4) is 0 Å². The molecule has 0 radical (unpaired) electrons. The van der Waals surface area contributed by atoms with Gasteiger partial charge in [0.1, 0.15) is 12.4 Å². The second-order valence-electron chi connectivity index (χ2n) is 10.0. The van der Waals surface area contributed by atoms with Gasteiger partial charge < -0.3 is 9.47 Å². The molecular weight excluding hydrogens is 651 g/mol. The van der Waals surface area contributed by atoms with Gasteiger partial charge in [0.15, 0.2) is 4.80 Å². The first-order valence-corrected chi connectivity index (χ1v) is 16.0. The quantitative estimate of drug-likeness (QED) is 0.160. The van der Waals surface area contributed by atoms with Crippen LogP contribution in [0.2, 0.25) is 15.1 Å². The van der Waals surface area contributed by atoms with Crippen LogP contribution < -0.4 is 19.6 Å². The van der Waals surface area contributed by atoms with E-state index in [-0.39, 0.29) is 18.8 Å². The predicted octanol–water partition coefficient (Wildman–Crippen LogP) is 7.47. The van der Waals surface area contributed by atoms with E-state index in [4.69, 9.17) is 49.3 Å². The van der Waals surface area contributed by atoms with Gasteiger partial charge in [-0.2, -0.15) is 0 Å². The smallest absolute Gasteiger partial charge is 0.338 e. The van der Waals surface area contributed by atoms with E-state index in [0.717, 1.165) is 16.7 Å². The third-order valence-electron chi connectivity index (χ3n) is 7.15. The fraction of sp³-hybridized carbons (Fsp3) is 0.114. The maximum absolute atomic E-state index is 14.2. The Morgan fingerprint density at radius 2 is 1.62 bits per heavy atom.